The molecule has 14 nitrogen and oxygen atoms in total. The number of ether oxygens (including phenoxy) is 4. The van der Waals surface area contributed by atoms with Crippen molar-refractivity contribution in [2.75, 3.05) is 46.7 Å². The van der Waals surface area contributed by atoms with Crippen LogP contribution in [0.5, 0.6) is 34.5 Å². The zero-order valence-corrected chi connectivity index (χ0v) is 29.9. The molecule has 0 aliphatic carbocycles. The zero-order valence-electron chi connectivity index (χ0n) is 27.5. The summed E-state index contributed by atoms with van der Waals surface area (Å²) in [7, 11) is -8.60. The SMILES string of the molecule is COC(=O)c1cc(-c2c(OC)cc(-c3ccc(OS(C)(=O)=O)cc3)c(OC)c2OS(C)(=O)=O)cc(OS(C)(=O)=O)c1OCCC=C(C)C. The molecule has 262 valence electrons. The molecular weight excluding hydrogens is 693 g/mol. The van der Waals surface area contributed by atoms with Gasteiger partial charge < -0.3 is 31.5 Å². The summed E-state index contributed by atoms with van der Waals surface area (Å²) in [5.74, 6) is -2.03. The fourth-order valence-electron chi connectivity index (χ4n) is 4.45. The number of hydrogen-bond donors (Lipinski definition) is 0. The van der Waals surface area contributed by atoms with Crippen LogP contribution < -0.4 is 26.8 Å². The van der Waals surface area contributed by atoms with Gasteiger partial charge in [-0.1, -0.05) is 23.8 Å². The first-order valence-electron chi connectivity index (χ1n) is 13.9. The lowest BCUT2D eigenvalue weighted by molar-refractivity contribution is 0.0595. The average molecular weight is 729 g/mol. The van der Waals surface area contributed by atoms with E-state index in [0.29, 0.717) is 12.0 Å². The quantitative estimate of drug-likeness (QED) is 0.0917. The molecule has 0 amide bonds. The first-order chi connectivity index (χ1) is 22.3. The highest BCUT2D eigenvalue weighted by Crippen LogP contribution is 2.52. The van der Waals surface area contributed by atoms with E-state index >= 15 is 0 Å². The van der Waals surface area contributed by atoms with Gasteiger partial charge in [0.2, 0.25) is 0 Å². The Morgan fingerprint density at radius 3 is 1.79 bits per heavy atom. The minimum absolute atomic E-state index is 0.000685. The first kappa shape index (κ1) is 38.0. The lowest BCUT2D eigenvalue weighted by Crippen LogP contribution is -2.13. The second-order valence-corrected chi connectivity index (χ2v) is 15.2. The van der Waals surface area contributed by atoms with E-state index in [4.69, 9.17) is 31.5 Å². The monoisotopic (exact) mass is 728 g/mol. The third-order valence-electron chi connectivity index (χ3n) is 6.18. The summed E-state index contributed by atoms with van der Waals surface area (Å²) >= 11 is 0. The van der Waals surface area contributed by atoms with E-state index in [1.807, 2.05) is 19.9 Å². The molecule has 0 saturated heterocycles. The Kier molecular flexibility index (Phi) is 12.0. The summed E-state index contributed by atoms with van der Waals surface area (Å²) in [4.78, 5) is 13.1. The van der Waals surface area contributed by atoms with Gasteiger partial charge >= 0.3 is 36.3 Å². The molecule has 0 aromatic heterocycles. The van der Waals surface area contributed by atoms with Crippen molar-refractivity contribution in [3.05, 3.63) is 59.7 Å². The number of esters is 1. The van der Waals surface area contributed by atoms with Gasteiger partial charge in [-0.15, -0.1) is 0 Å². The molecule has 17 heteroatoms. The van der Waals surface area contributed by atoms with Crippen molar-refractivity contribution < 1.29 is 61.5 Å². The van der Waals surface area contributed by atoms with Crippen LogP contribution in [-0.2, 0) is 35.1 Å². The van der Waals surface area contributed by atoms with Crippen LogP contribution in [0.15, 0.2) is 54.1 Å². The molecule has 0 atom stereocenters. The Bertz CT molecular complexity index is 2030. The third-order valence-corrected chi connectivity index (χ3v) is 7.63. The lowest BCUT2D eigenvalue weighted by atomic mass is 9.95. The zero-order chi connectivity index (χ0) is 36.0. The topological polar surface area (TPSA) is 184 Å². The molecule has 3 aromatic carbocycles. The maximum Gasteiger partial charge on any atom is 0.341 e. The number of methoxy groups -OCH3 is 3. The molecule has 0 spiro atoms. The largest absolute Gasteiger partial charge is 0.496 e. The summed E-state index contributed by atoms with van der Waals surface area (Å²) in [6.45, 7) is 3.81. The van der Waals surface area contributed by atoms with E-state index in [2.05, 4.69) is 0 Å². The van der Waals surface area contributed by atoms with Crippen molar-refractivity contribution in [2.45, 2.75) is 20.3 Å². The van der Waals surface area contributed by atoms with Gasteiger partial charge in [0.25, 0.3) is 0 Å². The summed E-state index contributed by atoms with van der Waals surface area (Å²) in [6.07, 6.45) is 4.79. The molecule has 0 heterocycles. The van der Waals surface area contributed by atoms with Gasteiger partial charge in [-0.2, -0.15) is 25.3 Å². The average Bonchev–Trinajstić information content (AvgIpc) is 2.96. The highest BCUT2D eigenvalue weighted by atomic mass is 32.2. The number of benzene rings is 3. The number of carbonyl (C=O) groups excluding carboxylic acids is 1. The van der Waals surface area contributed by atoms with Gasteiger partial charge in [-0.3, -0.25) is 0 Å². The molecule has 0 bridgehead atoms. The van der Waals surface area contributed by atoms with E-state index in [1.54, 1.807) is 0 Å². The van der Waals surface area contributed by atoms with Gasteiger partial charge in [-0.25, -0.2) is 4.79 Å². The molecule has 48 heavy (non-hydrogen) atoms. The van der Waals surface area contributed by atoms with Gasteiger partial charge in [0.1, 0.15) is 17.1 Å². The van der Waals surface area contributed by atoms with E-state index in [1.165, 1.54) is 56.7 Å². The first-order valence-corrected chi connectivity index (χ1v) is 19.3. The summed E-state index contributed by atoms with van der Waals surface area (Å²) < 4.78 is 111. The van der Waals surface area contributed by atoms with Gasteiger partial charge in [0.05, 0.1) is 52.3 Å². The summed E-state index contributed by atoms with van der Waals surface area (Å²) in [6, 6.07) is 9.72. The predicted molar refractivity (Wildman–Crippen MR) is 178 cm³/mol. The van der Waals surface area contributed by atoms with Crippen LogP contribution in [-0.4, -0.2) is 77.9 Å². The highest BCUT2D eigenvalue weighted by Gasteiger charge is 2.30. The van der Waals surface area contributed by atoms with Crippen molar-refractivity contribution in [3.8, 4) is 56.8 Å². The standard InChI is InChI=1S/C31H36O14S3/c1-19(2)10-9-15-42-28-24(31(32)41-5)16-21(17-26(28)44-47(7,35)36)27-25(39-3)18-23(29(40-4)30(27)45-48(8,37)38)20-11-13-22(14-12-20)43-46(6,33)34/h10-14,16-18H,9,15H2,1-8H3. The Morgan fingerprint density at radius 2 is 1.29 bits per heavy atom. The molecule has 3 rings (SSSR count). The van der Waals surface area contributed by atoms with Crippen LogP contribution in [0.4, 0.5) is 0 Å². The van der Waals surface area contributed by atoms with Crippen molar-refractivity contribution in [2.24, 2.45) is 0 Å². The van der Waals surface area contributed by atoms with Crippen LogP contribution in [0.2, 0.25) is 0 Å². The van der Waals surface area contributed by atoms with Crippen molar-refractivity contribution >= 4 is 36.3 Å². The van der Waals surface area contributed by atoms with Crippen LogP contribution in [0.25, 0.3) is 22.3 Å². The Hall–Kier alpha value is -4.48. The number of carbonyl (C=O) groups is 1. The van der Waals surface area contributed by atoms with Gasteiger partial charge in [0.15, 0.2) is 23.0 Å². The van der Waals surface area contributed by atoms with E-state index in [-0.39, 0.29) is 57.6 Å². The minimum atomic E-state index is -4.26. The third kappa shape index (κ3) is 10.3. The molecule has 0 fully saturated rings. The second-order valence-electron chi connectivity index (χ2n) is 10.5. The fourth-order valence-corrected chi connectivity index (χ4v) is 5.83. The maximum atomic E-state index is 13.1. The molecule has 0 saturated carbocycles. The Morgan fingerprint density at radius 1 is 0.688 bits per heavy atom. The smallest absolute Gasteiger partial charge is 0.341 e. The van der Waals surface area contributed by atoms with Crippen molar-refractivity contribution in [1.29, 1.82) is 0 Å². The fraction of sp³-hybridized carbons (Fsp3) is 0.323. The Balaban J connectivity index is 2.42. The molecule has 0 aliphatic heterocycles. The molecule has 0 radical (unpaired) electrons. The van der Waals surface area contributed by atoms with Crippen molar-refractivity contribution in [3.63, 3.8) is 0 Å². The maximum absolute atomic E-state index is 13.1. The number of hydrogen-bond acceptors (Lipinski definition) is 14. The molecule has 0 unspecified atom stereocenters. The van der Waals surface area contributed by atoms with Crippen LogP contribution in [0.3, 0.4) is 0 Å². The number of allylic oxidation sites excluding steroid dienone is 1. The van der Waals surface area contributed by atoms with Gasteiger partial charge in [-0.05, 0) is 61.7 Å². The second kappa shape index (κ2) is 15.2. The molecule has 0 aliphatic rings. The van der Waals surface area contributed by atoms with Crippen LogP contribution in [0, 0.1) is 0 Å². The normalized spacial score (nSPS) is 11.7. The molecular formula is C31H36O14S3. The summed E-state index contributed by atoms with van der Waals surface area (Å²) in [5, 5.41) is 0. The van der Waals surface area contributed by atoms with Crippen molar-refractivity contribution in [1.82, 2.24) is 0 Å². The molecule has 3 aromatic rings. The van der Waals surface area contributed by atoms with Crippen LogP contribution in [0.1, 0.15) is 30.6 Å². The number of rotatable bonds is 15. The van der Waals surface area contributed by atoms with E-state index < -0.39 is 42.1 Å². The predicted octanol–water partition coefficient (Wildman–Crippen LogP) is 4.57. The lowest BCUT2D eigenvalue weighted by Gasteiger charge is -2.22. The van der Waals surface area contributed by atoms with Crippen LogP contribution >= 0.6 is 0 Å². The molecule has 0 N–H and O–H groups in total. The Labute approximate surface area is 280 Å². The van der Waals surface area contributed by atoms with E-state index in [0.717, 1.165) is 31.5 Å². The minimum Gasteiger partial charge on any atom is -0.496 e. The van der Waals surface area contributed by atoms with E-state index in [9.17, 15) is 30.0 Å². The van der Waals surface area contributed by atoms with Gasteiger partial charge in [0, 0.05) is 5.56 Å². The summed E-state index contributed by atoms with van der Waals surface area (Å²) in [5.41, 5.74) is 1.36. The highest BCUT2D eigenvalue weighted by molar-refractivity contribution is 7.86.